The van der Waals surface area contributed by atoms with Gasteiger partial charge in [0.05, 0.1) is 10.7 Å². The number of rotatable bonds is 13. The lowest BCUT2D eigenvalue weighted by Gasteiger charge is -2.39. The van der Waals surface area contributed by atoms with Crippen LogP contribution in [-0.2, 0) is 19.1 Å². The van der Waals surface area contributed by atoms with E-state index < -0.39 is 47.5 Å². The van der Waals surface area contributed by atoms with Crippen molar-refractivity contribution in [1.29, 1.82) is 0 Å². The molecule has 44 heavy (non-hydrogen) atoms. The molecule has 4 amide bonds. The Morgan fingerprint density at radius 1 is 1.00 bits per heavy atom. The Morgan fingerprint density at radius 2 is 1.66 bits per heavy atom. The smallest absolute Gasteiger partial charge is 0.408 e. The van der Waals surface area contributed by atoms with Crippen LogP contribution in [0.5, 0.6) is 5.75 Å². The molecule has 3 unspecified atom stereocenters. The monoisotopic (exact) mass is 630 g/mol. The normalized spacial score (nSPS) is 13.5. The minimum absolute atomic E-state index is 0.0338. The van der Waals surface area contributed by atoms with Crippen molar-refractivity contribution < 1.29 is 29.0 Å². The summed E-state index contributed by atoms with van der Waals surface area (Å²) < 4.78 is 5.41. The largest absolute Gasteiger partial charge is 0.508 e. The van der Waals surface area contributed by atoms with Crippen molar-refractivity contribution in [2.24, 2.45) is 11.7 Å². The number of nitrogens with one attached hydrogen (secondary N) is 2. The van der Waals surface area contributed by atoms with E-state index in [4.69, 9.17) is 22.1 Å². The van der Waals surface area contributed by atoms with Crippen molar-refractivity contribution in [2.75, 3.05) is 5.32 Å². The summed E-state index contributed by atoms with van der Waals surface area (Å²) in [6, 6.07) is 7.02. The Labute approximate surface area is 265 Å². The zero-order valence-corrected chi connectivity index (χ0v) is 27.7. The van der Waals surface area contributed by atoms with Gasteiger partial charge in [-0.2, -0.15) is 0 Å². The van der Waals surface area contributed by atoms with Crippen LogP contribution in [0, 0.1) is 19.8 Å². The number of alkyl carbamates (subject to hydrolysis) is 1. The molecule has 0 spiro atoms. The van der Waals surface area contributed by atoms with Gasteiger partial charge in [-0.1, -0.05) is 43.6 Å². The third-order valence-electron chi connectivity index (χ3n) is 7.09. The predicted molar refractivity (Wildman–Crippen MR) is 172 cm³/mol. The first-order valence-corrected chi connectivity index (χ1v) is 15.2. The van der Waals surface area contributed by atoms with Gasteiger partial charge < -0.3 is 31.1 Å². The number of nitrogens with two attached hydrogens (primary N) is 1. The lowest BCUT2D eigenvalue weighted by atomic mass is 9.95. The number of aryl methyl sites for hydroxylation is 2. The number of benzene rings is 2. The summed E-state index contributed by atoms with van der Waals surface area (Å²) in [6.07, 6.45) is 0.165. The van der Waals surface area contributed by atoms with Crippen LogP contribution in [0.4, 0.5) is 10.5 Å². The van der Waals surface area contributed by atoms with Crippen LogP contribution >= 0.6 is 11.6 Å². The number of carbonyl (C=O) groups excluding carboxylic acids is 4. The number of aromatic hydroxyl groups is 1. The van der Waals surface area contributed by atoms with Gasteiger partial charge in [0.25, 0.3) is 5.91 Å². The summed E-state index contributed by atoms with van der Waals surface area (Å²) in [5, 5.41) is 16.1. The van der Waals surface area contributed by atoms with Crippen LogP contribution in [0.3, 0.4) is 0 Å². The second kappa shape index (κ2) is 15.8. The van der Waals surface area contributed by atoms with Gasteiger partial charge in [0.1, 0.15) is 23.4 Å². The molecule has 2 rings (SSSR count). The number of halogens is 1. The molecule has 2 aromatic rings. The van der Waals surface area contributed by atoms with Crippen molar-refractivity contribution in [3.05, 3.63) is 58.1 Å². The third kappa shape index (κ3) is 10.7. The molecule has 0 aliphatic heterocycles. The quantitative estimate of drug-likeness (QED) is 0.208. The van der Waals surface area contributed by atoms with Crippen molar-refractivity contribution >= 4 is 41.1 Å². The second-order valence-electron chi connectivity index (χ2n) is 12.6. The second-order valence-corrected chi connectivity index (χ2v) is 13.0. The summed E-state index contributed by atoms with van der Waals surface area (Å²) in [5.74, 6) is -1.43. The van der Waals surface area contributed by atoms with Crippen LogP contribution in [0.15, 0.2) is 36.4 Å². The van der Waals surface area contributed by atoms with Crippen LogP contribution in [-0.4, -0.2) is 51.5 Å². The highest BCUT2D eigenvalue weighted by Gasteiger charge is 2.39. The van der Waals surface area contributed by atoms with Gasteiger partial charge in [-0.15, -0.1) is 0 Å². The molecular formula is C33H47ClN4O6. The Hall–Kier alpha value is -3.79. The first-order valence-electron chi connectivity index (χ1n) is 14.9. The summed E-state index contributed by atoms with van der Waals surface area (Å²) in [5.41, 5.74) is 6.66. The number of nitrogens with zero attached hydrogens (tertiary/aromatic N) is 1. The number of anilines is 1. The van der Waals surface area contributed by atoms with E-state index in [1.54, 1.807) is 65.0 Å². The number of phenolic OH excluding ortho intramolecular Hbond substituents is 1. The van der Waals surface area contributed by atoms with E-state index >= 15 is 0 Å². The molecule has 0 fully saturated rings. The van der Waals surface area contributed by atoms with Crippen molar-refractivity contribution in [3.8, 4) is 5.75 Å². The molecule has 0 saturated carbocycles. The fourth-order valence-electron chi connectivity index (χ4n) is 4.76. The lowest BCUT2D eigenvalue weighted by molar-refractivity contribution is -0.143. The van der Waals surface area contributed by atoms with Crippen molar-refractivity contribution in [2.45, 2.75) is 105 Å². The maximum Gasteiger partial charge on any atom is 0.408 e. The Balaban J connectivity index is 2.72. The van der Waals surface area contributed by atoms with Gasteiger partial charge in [-0.05, 0) is 102 Å². The molecule has 10 nitrogen and oxygen atoms in total. The lowest BCUT2D eigenvalue weighted by Crippen LogP contribution is -2.55. The Morgan fingerprint density at radius 3 is 2.20 bits per heavy atom. The molecule has 5 N–H and O–H groups in total. The molecule has 3 atom stereocenters. The third-order valence-corrected chi connectivity index (χ3v) is 7.41. The summed E-state index contributed by atoms with van der Waals surface area (Å²) in [4.78, 5) is 54.9. The van der Waals surface area contributed by atoms with Crippen molar-refractivity contribution in [1.82, 2.24) is 10.2 Å². The highest BCUT2D eigenvalue weighted by atomic mass is 35.5. The average molecular weight is 631 g/mol. The van der Waals surface area contributed by atoms with Gasteiger partial charge in [0.15, 0.2) is 0 Å². The molecular weight excluding hydrogens is 584 g/mol. The fraction of sp³-hybridized carbons (Fsp3) is 0.515. The number of hydrogen-bond donors (Lipinski definition) is 4. The van der Waals surface area contributed by atoms with Crippen LogP contribution in [0.2, 0.25) is 5.02 Å². The molecule has 2 aromatic carbocycles. The van der Waals surface area contributed by atoms with E-state index in [1.165, 1.54) is 11.0 Å². The highest BCUT2D eigenvalue weighted by molar-refractivity contribution is 6.34. The van der Waals surface area contributed by atoms with Gasteiger partial charge in [0.2, 0.25) is 11.8 Å². The molecule has 0 aliphatic carbocycles. The topological polar surface area (TPSA) is 151 Å². The van der Waals surface area contributed by atoms with E-state index in [0.717, 1.165) is 12.0 Å². The molecule has 242 valence electrons. The van der Waals surface area contributed by atoms with E-state index in [2.05, 4.69) is 24.5 Å². The minimum atomic E-state index is -1.23. The number of para-hydroxylation sites is 1. The van der Waals surface area contributed by atoms with Gasteiger partial charge in [0, 0.05) is 12.5 Å². The standard InChI is InChI=1S/C33H47ClN4O6/c1-19(2)12-13-22(5)38(31(42)25(15-17-27(35)40)36-32(43)44-33(6,7)8)29(23-14-16-26(39)21(4)18-23)30(41)37-28-20(3)10-9-11-24(28)34/h9-11,14,16,18-19,22,25,29,39H,12-13,15,17H2,1-8H3,(H2,35,40)(H,36,43)(H,37,41). The fourth-order valence-corrected chi connectivity index (χ4v) is 5.02. The van der Waals surface area contributed by atoms with Crippen LogP contribution in [0.25, 0.3) is 0 Å². The highest BCUT2D eigenvalue weighted by Crippen LogP contribution is 2.33. The van der Waals surface area contributed by atoms with E-state index in [-0.39, 0.29) is 18.6 Å². The number of phenols is 1. The Kier molecular flexibility index (Phi) is 13.1. The molecule has 0 saturated heterocycles. The number of ether oxygens (including phenoxy) is 1. The van der Waals surface area contributed by atoms with Crippen molar-refractivity contribution in [3.63, 3.8) is 0 Å². The number of carbonyl (C=O) groups is 4. The van der Waals surface area contributed by atoms with Crippen LogP contribution < -0.4 is 16.4 Å². The van der Waals surface area contributed by atoms with Gasteiger partial charge in [-0.25, -0.2) is 4.79 Å². The molecule has 0 heterocycles. The summed E-state index contributed by atoms with van der Waals surface area (Å²) in [7, 11) is 0. The maximum absolute atomic E-state index is 14.5. The number of primary amides is 1. The maximum atomic E-state index is 14.5. The molecule has 11 heteroatoms. The molecule has 0 bridgehead atoms. The van der Waals surface area contributed by atoms with E-state index in [0.29, 0.717) is 34.2 Å². The zero-order chi connectivity index (χ0) is 33.4. The molecule has 0 radical (unpaired) electrons. The SMILES string of the molecule is Cc1cc(C(C(=O)Nc2c(C)cccc2Cl)N(C(=O)C(CCC(N)=O)NC(=O)OC(C)(C)C)C(C)CCC(C)C)ccc1O. The number of amides is 4. The molecule has 0 aliphatic rings. The molecule has 0 aromatic heterocycles. The summed E-state index contributed by atoms with van der Waals surface area (Å²) in [6.45, 7) is 14.5. The zero-order valence-electron chi connectivity index (χ0n) is 27.0. The number of hydrogen-bond acceptors (Lipinski definition) is 6. The first-order chi connectivity index (χ1) is 20.4. The minimum Gasteiger partial charge on any atom is -0.508 e. The predicted octanol–water partition coefficient (Wildman–Crippen LogP) is 6.15. The summed E-state index contributed by atoms with van der Waals surface area (Å²) >= 11 is 6.46. The van der Waals surface area contributed by atoms with Crippen LogP contribution in [0.1, 0.15) is 90.0 Å². The van der Waals surface area contributed by atoms with Gasteiger partial charge >= 0.3 is 6.09 Å². The first kappa shape index (κ1) is 36.4. The Bertz CT molecular complexity index is 1320. The van der Waals surface area contributed by atoms with E-state index in [9.17, 15) is 24.3 Å². The average Bonchev–Trinajstić information content (AvgIpc) is 2.90. The van der Waals surface area contributed by atoms with E-state index in [1.807, 2.05) is 6.92 Å². The van der Waals surface area contributed by atoms with Gasteiger partial charge in [-0.3, -0.25) is 14.4 Å².